The first kappa shape index (κ1) is 17.5. The van der Waals surface area contributed by atoms with E-state index in [1.165, 1.54) is 0 Å². The second-order valence-electron chi connectivity index (χ2n) is 6.13. The Morgan fingerprint density at radius 3 is 2.88 bits per heavy atom. The minimum absolute atomic E-state index is 0.0158. The fourth-order valence-electron chi connectivity index (χ4n) is 2.86. The number of hydrogen-bond donors (Lipinski definition) is 2. The normalized spacial score (nSPS) is 13.2. The largest absolute Gasteiger partial charge is 0.383 e. The molecule has 0 bridgehead atoms. The van der Waals surface area contributed by atoms with Crippen molar-refractivity contribution < 1.29 is 4.79 Å². The van der Waals surface area contributed by atoms with Gasteiger partial charge in [-0.05, 0) is 17.5 Å². The molecule has 0 saturated carbocycles. The lowest BCUT2D eigenvalue weighted by Crippen LogP contribution is -2.27. The number of nitrogens with one attached hydrogen (secondary N) is 1. The van der Waals surface area contributed by atoms with Gasteiger partial charge in [-0.1, -0.05) is 37.6 Å². The Morgan fingerprint density at radius 2 is 2.12 bits per heavy atom. The van der Waals surface area contributed by atoms with E-state index in [2.05, 4.69) is 22.2 Å². The van der Waals surface area contributed by atoms with Crippen molar-refractivity contribution in [2.24, 2.45) is 0 Å². The molecular formula is C18H22ClN5O. The molecule has 1 aromatic heterocycles. The first-order valence-corrected chi connectivity index (χ1v) is 9.00. The van der Waals surface area contributed by atoms with Crippen LogP contribution in [0.5, 0.6) is 0 Å². The van der Waals surface area contributed by atoms with Crippen LogP contribution in [-0.4, -0.2) is 22.4 Å². The molecule has 1 aromatic carbocycles. The van der Waals surface area contributed by atoms with E-state index in [1.807, 2.05) is 24.3 Å². The first-order chi connectivity index (χ1) is 12.1. The van der Waals surface area contributed by atoms with Crippen LogP contribution >= 0.6 is 11.6 Å². The van der Waals surface area contributed by atoms with Crippen molar-refractivity contribution in [1.82, 2.24) is 9.97 Å². The smallest absolute Gasteiger partial charge is 0.233 e. The molecule has 0 fully saturated rings. The third-order valence-corrected chi connectivity index (χ3v) is 4.51. The van der Waals surface area contributed by atoms with Gasteiger partial charge in [0, 0.05) is 18.0 Å². The third-order valence-electron chi connectivity index (χ3n) is 4.20. The van der Waals surface area contributed by atoms with Crippen LogP contribution in [0.3, 0.4) is 0 Å². The average Bonchev–Trinajstić information content (AvgIpc) is 2.92. The van der Waals surface area contributed by atoms with Crippen LogP contribution in [0.25, 0.3) is 0 Å². The Morgan fingerprint density at radius 1 is 1.32 bits per heavy atom. The van der Waals surface area contributed by atoms with Gasteiger partial charge in [0.1, 0.15) is 11.6 Å². The molecule has 1 amide bonds. The van der Waals surface area contributed by atoms with E-state index in [-0.39, 0.29) is 12.3 Å². The number of nitrogens with two attached hydrogens (primary N) is 1. The predicted octanol–water partition coefficient (Wildman–Crippen LogP) is 3.10. The number of amides is 1. The molecule has 132 valence electrons. The van der Waals surface area contributed by atoms with Gasteiger partial charge >= 0.3 is 0 Å². The Hall–Kier alpha value is -2.34. The number of carbonyl (C=O) groups excluding carboxylic acids is 1. The number of benzene rings is 1. The number of unbranched alkanes of at least 4 members (excludes halogenated alkanes) is 1. The SMILES string of the molecule is CCCCNc1nc(N)c2c(n1)N(Cc1cccc(CCl)c1)C(=O)C2. The number of aromatic nitrogens is 2. The number of halogens is 1. The number of alkyl halides is 1. The molecule has 1 aliphatic heterocycles. The second kappa shape index (κ2) is 7.70. The third kappa shape index (κ3) is 3.85. The van der Waals surface area contributed by atoms with Crippen LogP contribution in [0.4, 0.5) is 17.6 Å². The van der Waals surface area contributed by atoms with Gasteiger partial charge < -0.3 is 11.1 Å². The van der Waals surface area contributed by atoms with Crippen molar-refractivity contribution in [3.05, 3.63) is 41.0 Å². The Labute approximate surface area is 152 Å². The highest BCUT2D eigenvalue weighted by Gasteiger charge is 2.32. The fraction of sp³-hybridized carbons (Fsp3) is 0.389. The zero-order valence-corrected chi connectivity index (χ0v) is 15.0. The van der Waals surface area contributed by atoms with Gasteiger partial charge in [0.25, 0.3) is 0 Å². The maximum atomic E-state index is 12.5. The summed E-state index contributed by atoms with van der Waals surface area (Å²) >= 11 is 5.90. The second-order valence-corrected chi connectivity index (χ2v) is 6.39. The first-order valence-electron chi connectivity index (χ1n) is 8.46. The molecule has 1 aliphatic rings. The van der Waals surface area contributed by atoms with E-state index in [1.54, 1.807) is 4.90 Å². The van der Waals surface area contributed by atoms with Crippen molar-refractivity contribution in [2.75, 3.05) is 22.5 Å². The lowest BCUT2D eigenvalue weighted by molar-refractivity contribution is -0.117. The Bertz CT molecular complexity index is 780. The maximum Gasteiger partial charge on any atom is 0.233 e. The summed E-state index contributed by atoms with van der Waals surface area (Å²) in [5.41, 5.74) is 8.80. The predicted molar refractivity (Wildman–Crippen MR) is 101 cm³/mol. The number of rotatable bonds is 7. The van der Waals surface area contributed by atoms with E-state index in [4.69, 9.17) is 17.3 Å². The highest BCUT2D eigenvalue weighted by atomic mass is 35.5. The van der Waals surface area contributed by atoms with E-state index in [0.717, 1.165) is 30.5 Å². The number of fused-ring (bicyclic) bond motifs is 1. The molecule has 0 unspecified atom stereocenters. The number of anilines is 3. The minimum Gasteiger partial charge on any atom is -0.383 e. The van der Waals surface area contributed by atoms with Crippen molar-refractivity contribution >= 4 is 35.1 Å². The monoisotopic (exact) mass is 359 g/mol. The van der Waals surface area contributed by atoms with Crippen molar-refractivity contribution in [2.45, 2.75) is 38.6 Å². The minimum atomic E-state index is -0.0158. The summed E-state index contributed by atoms with van der Waals surface area (Å²) in [6, 6.07) is 7.89. The summed E-state index contributed by atoms with van der Waals surface area (Å²) in [6.07, 6.45) is 2.34. The van der Waals surface area contributed by atoms with E-state index < -0.39 is 0 Å². The molecule has 7 heteroatoms. The number of carbonyl (C=O) groups is 1. The quantitative estimate of drug-likeness (QED) is 0.586. The molecule has 3 N–H and O–H groups in total. The molecule has 0 spiro atoms. The summed E-state index contributed by atoms with van der Waals surface area (Å²) in [6.45, 7) is 3.34. The number of nitrogen functional groups attached to an aromatic ring is 1. The van der Waals surface area contributed by atoms with Crippen LogP contribution in [0, 0.1) is 0 Å². The lowest BCUT2D eigenvalue weighted by Gasteiger charge is -2.18. The molecule has 2 heterocycles. The van der Waals surface area contributed by atoms with E-state index in [9.17, 15) is 4.79 Å². The fourth-order valence-corrected chi connectivity index (χ4v) is 3.03. The summed E-state index contributed by atoms with van der Waals surface area (Å²) in [7, 11) is 0. The summed E-state index contributed by atoms with van der Waals surface area (Å²) in [5, 5.41) is 3.18. The zero-order valence-electron chi connectivity index (χ0n) is 14.3. The Balaban J connectivity index is 1.86. The van der Waals surface area contributed by atoms with Gasteiger partial charge in [-0.3, -0.25) is 9.69 Å². The highest BCUT2D eigenvalue weighted by Crippen LogP contribution is 2.32. The highest BCUT2D eigenvalue weighted by molar-refractivity contribution is 6.17. The topological polar surface area (TPSA) is 84.1 Å². The Kier molecular flexibility index (Phi) is 5.38. The summed E-state index contributed by atoms with van der Waals surface area (Å²) in [5.74, 6) is 1.87. The van der Waals surface area contributed by atoms with Crippen LogP contribution in [0.15, 0.2) is 24.3 Å². The van der Waals surface area contributed by atoms with Gasteiger partial charge in [0.2, 0.25) is 11.9 Å². The van der Waals surface area contributed by atoms with Crippen LogP contribution in [0.2, 0.25) is 0 Å². The molecule has 2 aromatic rings. The molecule has 0 aliphatic carbocycles. The van der Waals surface area contributed by atoms with Gasteiger partial charge in [0.05, 0.1) is 13.0 Å². The molecular weight excluding hydrogens is 338 g/mol. The molecule has 3 rings (SSSR count). The van der Waals surface area contributed by atoms with Crippen molar-refractivity contribution in [3.8, 4) is 0 Å². The molecule has 0 atom stereocenters. The van der Waals surface area contributed by atoms with Gasteiger partial charge in [-0.2, -0.15) is 9.97 Å². The molecule has 6 nitrogen and oxygen atoms in total. The summed E-state index contributed by atoms with van der Waals surface area (Å²) < 4.78 is 0. The van der Waals surface area contributed by atoms with Gasteiger partial charge in [0.15, 0.2) is 0 Å². The van der Waals surface area contributed by atoms with Gasteiger partial charge in [-0.15, -0.1) is 11.6 Å². The standard InChI is InChI=1S/C18H22ClN5O/c1-2-3-7-21-18-22-16(20)14-9-15(25)24(17(14)23-18)11-13-6-4-5-12(8-13)10-19/h4-6,8H,2-3,7,9-11H2,1H3,(H3,20,21,22,23). The average molecular weight is 360 g/mol. The van der Waals surface area contributed by atoms with Crippen LogP contribution < -0.4 is 16.0 Å². The van der Waals surface area contributed by atoms with E-state index >= 15 is 0 Å². The molecule has 0 radical (unpaired) electrons. The lowest BCUT2D eigenvalue weighted by atomic mass is 10.1. The number of hydrogen-bond acceptors (Lipinski definition) is 5. The molecule has 0 saturated heterocycles. The van der Waals surface area contributed by atoms with Crippen molar-refractivity contribution in [3.63, 3.8) is 0 Å². The van der Waals surface area contributed by atoms with Crippen LogP contribution in [0.1, 0.15) is 36.5 Å². The van der Waals surface area contributed by atoms with Gasteiger partial charge in [-0.25, -0.2) is 0 Å². The zero-order chi connectivity index (χ0) is 17.8. The van der Waals surface area contributed by atoms with Crippen LogP contribution in [-0.2, 0) is 23.6 Å². The summed E-state index contributed by atoms with van der Waals surface area (Å²) in [4.78, 5) is 23.0. The number of nitrogens with zero attached hydrogens (tertiary/aromatic N) is 3. The molecule has 25 heavy (non-hydrogen) atoms. The maximum absolute atomic E-state index is 12.5. The van der Waals surface area contributed by atoms with Crippen molar-refractivity contribution in [1.29, 1.82) is 0 Å². The van der Waals surface area contributed by atoms with E-state index in [0.29, 0.717) is 35.6 Å².